The lowest BCUT2D eigenvalue weighted by Crippen LogP contribution is -2.32. The molecule has 0 aromatic carbocycles. The summed E-state index contributed by atoms with van der Waals surface area (Å²) in [5, 5.41) is 6.91. The molecule has 13 heavy (non-hydrogen) atoms. The highest BCUT2D eigenvalue weighted by Crippen LogP contribution is 2.10. The lowest BCUT2D eigenvalue weighted by molar-refractivity contribution is 0.0107. The zero-order valence-electron chi connectivity index (χ0n) is 7.53. The van der Waals surface area contributed by atoms with Crippen molar-refractivity contribution >= 4 is 0 Å². The lowest BCUT2D eigenvalue weighted by atomic mass is 10.1. The predicted octanol–water partition coefficient (Wildman–Crippen LogP) is 0.943. The van der Waals surface area contributed by atoms with Crippen LogP contribution < -0.4 is 5.32 Å². The van der Waals surface area contributed by atoms with Crippen LogP contribution in [0.3, 0.4) is 0 Å². The van der Waals surface area contributed by atoms with Gasteiger partial charge >= 0.3 is 0 Å². The first-order valence-electron chi connectivity index (χ1n) is 4.67. The molecule has 1 saturated heterocycles. The molecule has 1 aliphatic rings. The molecule has 0 atom stereocenters. The van der Waals surface area contributed by atoms with Gasteiger partial charge in [-0.2, -0.15) is 0 Å². The Hall–Kier alpha value is -0.870. The second-order valence-electron chi connectivity index (χ2n) is 3.24. The second kappa shape index (κ2) is 4.39. The number of rotatable bonds is 3. The molecule has 2 rings (SSSR count). The minimum Gasteiger partial charge on any atom is -0.370 e. The number of nitrogens with zero attached hydrogens (tertiary/aromatic N) is 1. The Morgan fingerprint density at radius 1 is 1.54 bits per heavy atom. The van der Waals surface area contributed by atoms with E-state index in [0.29, 0.717) is 12.7 Å². The van der Waals surface area contributed by atoms with Crippen LogP contribution in [0.25, 0.3) is 0 Å². The number of ether oxygens (including phenoxy) is 1. The maximum atomic E-state index is 5.65. The van der Waals surface area contributed by atoms with Crippen molar-refractivity contribution in [2.75, 3.05) is 13.1 Å². The maximum absolute atomic E-state index is 5.65. The molecule has 2 heterocycles. The Labute approximate surface area is 77.2 Å². The number of piperidine rings is 1. The SMILES string of the molecule is c1cc(COC2CCNCC2)on1. The molecule has 1 fully saturated rings. The smallest absolute Gasteiger partial charge is 0.162 e. The largest absolute Gasteiger partial charge is 0.370 e. The summed E-state index contributed by atoms with van der Waals surface area (Å²) < 4.78 is 10.6. The van der Waals surface area contributed by atoms with E-state index in [0.717, 1.165) is 31.7 Å². The van der Waals surface area contributed by atoms with Gasteiger partial charge in [0.05, 0.1) is 12.3 Å². The Morgan fingerprint density at radius 2 is 2.38 bits per heavy atom. The van der Waals surface area contributed by atoms with Gasteiger partial charge in [0.1, 0.15) is 6.61 Å². The van der Waals surface area contributed by atoms with Gasteiger partial charge in [-0.25, -0.2) is 0 Å². The van der Waals surface area contributed by atoms with Crippen LogP contribution in [0.2, 0.25) is 0 Å². The molecule has 1 aliphatic heterocycles. The fraction of sp³-hybridized carbons (Fsp3) is 0.667. The highest BCUT2D eigenvalue weighted by atomic mass is 16.5. The standard InChI is InChI=1S/C9H14N2O2/c1-4-10-5-2-8(1)12-7-9-3-6-11-13-9/h3,6,8,10H,1-2,4-5,7H2. The lowest BCUT2D eigenvalue weighted by Gasteiger charge is -2.22. The van der Waals surface area contributed by atoms with E-state index in [9.17, 15) is 0 Å². The average Bonchev–Trinajstić information content (AvgIpc) is 2.69. The van der Waals surface area contributed by atoms with Gasteiger partial charge in [0.2, 0.25) is 0 Å². The van der Waals surface area contributed by atoms with E-state index in [1.807, 2.05) is 6.07 Å². The number of nitrogens with one attached hydrogen (secondary N) is 1. The quantitative estimate of drug-likeness (QED) is 0.755. The monoisotopic (exact) mass is 182 g/mol. The first-order chi connectivity index (χ1) is 6.45. The van der Waals surface area contributed by atoms with Crippen molar-refractivity contribution in [3.63, 3.8) is 0 Å². The molecule has 0 unspecified atom stereocenters. The van der Waals surface area contributed by atoms with Crippen molar-refractivity contribution in [3.8, 4) is 0 Å². The third kappa shape index (κ3) is 2.54. The van der Waals surface area contributed by atoms with Crippen molar-refractivity contribution in [1.29, 1.82) is 0 Å². The first-order valence-corrected chi connectivity index (χ1v) is 4.67. The number of hydrogen-bond donors (Lipinski definition) is 1. The zero-order valence-corrected chi connectivity index (χ0v) is 7.53. The van der Waals surface area contributed by atoms with E-state index in [1.54, 1.807) is 6.20 Å². The van der Waals surface area contributed by atoms with Crippen LogP contribution in [0.15, 0.2) is 16.8 Å². The van der Waals surface area contributed by atoms with Crippen molar-refractivity contribution in [1.82, 2.24) is 10.5 Å². The summed E-state index contributed by atoms with van der Waals surface area (Å²) in [5.74, 6) is 0.804. The van der Waals surface area contributed by atoms with Crippen LogP contribution in [0, 0.1) is 0 Å². The summed E-state index contributed by atoms with van der Waals surface area (Å²) in [7, 11) is 0. The third-order valence-electron chi connectivity index (χ3n) is 2.24. The van der Waals surface area contributed by atoms with Gasteiger partial charge < -0.3 is 14.6 Å². The minimum atomic E-state index is 0.381. The van der Waals surface area contributed by atoms with Crippen LogP contribution in [-0.4, -0.2) is 24.4 Å². The summed E-state index contributed by atoms with van der Waals surface area (Å²) in [4.78, 5) is 0. The van der Waals surface area contributed by atoms with Crippen LogP contribution in [-0.2, 0) is 11.3 Å². The molecule has 0 spiro atoms. The summed E-state index contributed by atoms with van der Waals surface area (Å²) in [6, 6.07) is 1.83. The highest BCUT2D eigenvalue weighted by Gasteiger charge is 2.13. The fourth-order valence-electron chi connectivity index (χ4n) is 1.48. The normalized spacial score (nSPS) is 19.1. The van der Waals surface area contributed by atoms with E-state index in [-0.39, 0.29) is 0 Å². The topological polar surface area (TPSA) is 47.3 Å². The first kappa shape index (κ1) is 8.72. The molecule has 4 nitrogen and oxygen atoms in total. The van der Waals surface area contributed by atoms with E-state index in [2.05, 4.69) is 10.5 Å². The van der Waals surface area contributed by atoms with Crippen LogP contribution >= 0.6 is 0 Å². The molecule has 0 bridgehead atoms. The van der Waals surface area contributed by atoms with Gasteiger partial charge in [-0.05, 0) is 25.9 Å². The van der Waals surface area contributed by atoms with Crippen molar-refractivity contribution < 1.29 is 9.26 Å². The van der Waals surface area contributed by atoms with Crippen LogP contribution in [0.5, 0.6) is 0 Å². The van der Waals surface area contributed by atoms with Gasteiger partial charge in [0.15, 0.2) is 5.76 Å². The molecule has 0 amide bonds. The van der Waals surface area contributed by atoms with E-state index < -0.39 is 0 Å². The number of hydrogen-bond acceptors (Lipinski definition) is 4. The average molecular weight is 182 g/mol. The molecular weight excluding hydrogens is 168 g/mol. The Kier molecular flexibility index (Phi) is 2.94. The zero-order chi connectivity index (χ0) is 8.93. The predicted molar refractivity (Wildman–Crippen MR) is 47.2 cm³/mol. The van der Waals surface area contributed by atoms with Gasteiger partial charge in [0, 0.05) is 6.07 Å². The molecule has 0 saturated carbocycles. The Balaban J connectivity index is 1.72. The highest BCUT2D eigenvalue weighted by molar-refractivity contribution is 4.90. The molecule has 1 aromatic heterocycles. The molecule has 72 valence electrons. The van der Waals surface area contributed by atoms with Crippen LogP contribution in [0.4, 0.5) is 0 Å². The van der Waals surface area contributed by atoms with Crippen LogP contribution in [0.1, 0.15) is 18.6 Å². The van der Waals surface area contributed by atoms with E-state index in [4.69, 9.17) is 9.26 Å². The summed E-state index contributed by atoms with van der Waals surface area (Å²) in [6.07, 6.45) is 4.20. The molecule has 1 N–H and O–H groups in total. The Bertz CT molecular complexity index is 230. The molecule has 4 heteroatoms. The van der Waals surface area contributed by atoms with E-state index in [1.165, 1.54) is 0 Å². The van der Waals surface area contributed by atoms with E-state index >= 15 is 0 Å². The maximum Gasteiger partial charge on any atom is 0.162 e. The molecular formula is C9H14N2O2. The molecule has 0 radical (unpaired) electrons. The van der Waals surface area contributed by atoms with Crippen molar-refractivity contribution in [3.05, 3.63) is 18.0 Å². The fourth-order valence-corrected chi connectivity index (χ4v) is 1.48. The summed E-state index contributed by atoms with van der Waals surface area (Å²) in [6.45, 7) is 2.66. The number of aromatic nitrogens is 1. The van der Waals surface area contributed by atoms with Crippen molar-refractivity contribution in [2.45, 2.75) is 25.6 Å². The van der Waals surface area contributed by atoms with Gasteiger partial charge in [0.25, 0.3) is 0 Å². The third-order valence-corrected chi connectivity index (χ3v) is 2.24. The summed E-state index contributed by atoms with van der Waals surface area (Å²) in [5.41, 5.74) is 0. The molecule has 0 aliphatic carbocycles. The van der Waals surface area contributed by atoms with Crippen molar-refractivity contribution in [2.24, 2.45) is 0 Å². The van der Waals surface area contributed by atoms with Gasteiger partial charge in [-0.3, -0.25) is 0 Å². The second-order valence-corrected chi connectivity index (χ2v) is 3.24. The van der Waals surface area contributed by atoms with Gasteiger partial charge in [-0.15, -0.1) is 0 Å². The molecule has 1 aromatic rings. The van der Waals surface area contributed by atoms with Gasteiger partial charge in [-0.1, -0.05) is 5.16 Å². The minimum absolute atomic E-state index is 0.381. The Morgan fingerprint density at radius 3 is 3.08 bits per heavy atom. The summed E-state index contributed by atoms with van der Waals surface area (Å²) >= 11 is 0.